The molecule has 3 atom stereocenters. The zero-order chi connectivity index (χ0) is 21.6. The molecule has 2 N–H and O–H groups in total. The summed E-state index contributed by atoms with van der Waals surface area (Å²) in [6.45, 7) is 1.93. The van der Waals surface area contributed by atoms with Crippen molar-refractivity contribution in [1.82, 2.24) is 4.98 Å². The molecule has 2 saturated carbocycles. The molecule has 30 heavy (non-hydrogen) atoms. The van der Waals surface area contributed by atoms with E-state index in [9.17, 15) is 14.7 Å². The van der Waals surface area contributed by atoms with Gasteiger partial charge in [0.05, 0.1) is 5.60 Å². The van der Waals surface area contributed by atoms with Crippen LogP contribution in [0.4, 0.5) is 0 Å². The number of carboxylic acids is 1. The van der Waals surface area contributed by atoms with E-state index < -0.39 is 11.6 Å². The summed E-state index contributed by atoms with van der Waals surface area (Å²) in [6.07, 6.45) is 14.4. The summed E-state index contributed by atoms with van der Waals surface area (Å²) in [4.78, 5) is 27.4. The van der Waals surface area contributed by atoms with Gasteiger partial charge in [-0.15, -0.1) is 11.3 Å². The van der Waals surface area contributed by atoms with Crippen molar-refractivity contribution in [3.05, 3.63) is 23.2 Å². The predicted octanol–water partition coefficient (Wildman–Crippen LogP) is 5.59. The summed E-state index contributed by atoms with van der Waals surface area (Å²) < 4.78 is 0.739. The second kappa shape index (κ2) is 10.9. The number of aromatic nitrogens is 1. The van der Waals surface area contributed by atoms with Gasteiger partial charge in [0.25, 0.3) is 0 Å². The van der Waals surface area contributed by atoms with E-state index in [-0.39, 0.29) is 17.5 Å². The van der Waals surface area contributed by atoms with E-state index in [1.807, 2.05) is 6.92 Å². The Morgan fingerprint density at radius 3 is 2.80 bits per heavy atom. The number of carbonyl (C=O) groups is 2. The average Bonchev–Trinajstić information content (AvgIpc) is 3.44. The van der Waals surface area contributed by atoms with Crippen LogP contribution < -0.4 is 0 Å². The number of nitrogens with zero attached hydrogens (tertiary/aromatic N) is 1. The van der Waals surface area contributed by atoms with Gasteiger partial charge < -0.3 is 10.2 Å². The average molecular weight is 452 g/mol. The van der Waals surface area contributed by atoms with Gasteiger partial charge in [0.2, 0.25) is 0 Å². The highest BCUT2D eigenvalue weighted by atomic mass is 32.2. The highest BCUT2D eigenvalue weighted by molar-refractivity contribution is 8.01. The molecule has 5 nitrogen and oxygen atoms in total. The Labute approximate surface area is 187 Å². The first-order chi connectivity index (χ1) is 14.3. The molecular weight excluding hydrogens is 418 g/mol. The van der Waals surface area contributed by atoms with Gasteiger partial charge in [0, 0.05) is 23.5 Å². The molecule has 0 aliphatic heterocycles. The molecule has 0 unspecified atom stereocenters. The number of hydrogen-bond donors (Lipinski definition) is 2. The fourth-order valence-electron chi connectivity index (χ4n) is 4.65. The Morgan fingerprint density at radius 2 is 2.10 bits per heavy atom. The topological polar surface area (TPSA) is 87.5 Å². The number of carbonyl (C=O) groups excluding carboxylic acids is 1. The van der Waals surface area contributed by atoms with Crippen LogP contribution in [0.25, 0.3) is 0 Å². The van der Waals surface area contributed by atoms with Crippen LogP contribution >= 0.6 is 23.1 Å². The summed E-state index contributed by atoms with van der Waals surface area (Å²) >= 11 is 2.86. The highest BCUT2D eigenvalue weighted by Crippen LogP contribution is 2.36. The van der Waals surface area contributed by atoms with E-state index in [2.05, 4.69) is 17.1 Å². The number of thiazole rings is 1. The fourth-order valence-corrected chi connectivity index (χ4v) is 6.54. The van der Waals surface area contributed by atoms with Gasteiger partial charge in [-0.05, 0) is 50.9 Å². The first-order valence-electron chi connectivity index (χ1n) is 11.1. The largest absolute Gasteiger partial charge is 0.476 e. The molecule has 0 bridgehead atoms. The van der Waals surface area contributed by atoms with Gasteiger partial charge in [0.1, 0.15) is 5.78 Å². The summed E-state index contributed by atoms with van der Waals surface area (Å²) in [6, 6.07) is 0. The normalized spacial score (nSPS) is 24.7. The number of hydrogen-bond acceptors (Lipinski definition) is 6. The molecule has 1 aromatic rings. The number of aliphatic hydroxyl groups is 1. The number of ketones is 1. The van der Waals surface area contributed by atoms with Gasteiger partial charge in [-0.3, -0.25) is 4.79 Å². The number of Topliss-reactive ketones (excluding diaryl/α,β-unsaturated/α-hetero) is 1. The molecule has 0 aromatic carbocycles. The lowest BCUT2D eigenvalue weighted by molar-refractivity contribution is -0.121. The van der Waals surface area contributed by atoms with Crippen molar-refractivity contribution in [2.75, 3.05) is 5.75 Å². The zero-order valence-electron chi connectivity index (χ0n) is 17.7. The maximum absolute atomic E-state index is 12.3. The minimum Gasteiger partial charge on any atom is -0.476 e. The molecule has 0 amide bonds. The van der Waals surface area contributed by atoms with Crippen LogP contribution in [0, 0.1) is 17.8 Å². The summed E-state index contributed by atoms with van der Waals surface area (Å²) in [5.41, 5.74) is -0.583. The van der Waals surface area contributed by atoms with Crippen LogP contribution in [0.1, 0.15) is 81.6 Å². The van der Waals surface area contributed by atoms with Gasteiger partial charge >= 0.3 is 5.97 Å². The van der Waals surface area contributed by atoms with Crippen LogP contribution in [0.5, 0.6) is 0 Å². The number of carboxylic acid groups (broad SMARTS) is 1. The maximum Gasteiger partial charge on any atom is 0.355 e. The van der Waals surface area contributed by atoms with Crippen LogP contribution in [-0.2, 0) is 4.79 Å². The minimum absolute atomic E-state index is 0.0242. The lowest BCUT2D eigenvalue weighted by Gasteiger charge is -2.23. The molecule has 3 rings (SSSR count). The number of allylic oxidation sites excluding steroid dienone is 1. The van der Waals surface area contributed by atoms with Gasteiger partial charge in [0.15, 0.2) is 10.0 Å². The third-order valence-electron chi connectivity index (χ3n) is 6.52. The molecule has 166 valence electrons. The molecule has 0 saturated heterocycles. The molecule has 2 fully saturated rings. The first-order valence-corrected chi connectivity index (χ1v) is 12.9. The van der Waals surface area contributed by atoms with E-state index in [0.29, 0.717) is 18.6 Å². The molecule has 0 spiro atoms. The lowest BCUT2D eigenvalue weighted by atomic mass is 9.88. The summed E-state index contributed by atoms with van der Waals surface area (Å²) in [7, 11) is 0. The quantitative estimate of drug-likeness (QED) is 0.337. The van der Waals surface area contributed by atoms with E-state index in [1.165, 1.54) is 48.8 Å². The molecular formula is C23H33NO4S2. The monoisotopic (exact) mass is 451 g/mol. The molecule has 1 heterocycles. The standard InChI is InChI=1S/C23H33NO4S2/c1-23(28,13-10-16-5-2-3-6-16)12-4-7-17-8-9-20(25)18(17)11-14-29-22-24-19(15-30-22)21(26)27/h4,7,15-18,28H,2-3,5-6,8-14H2,1H3,(H,26,27)/t17-,18+,23+/m0/s1. The Bertz CT molecular complexity index is 752. The zero-order valence-corrected chi connectivity index (χ0v) is 19.3. The Balaban J connectivity index is 1.43. The number of rotatable bonds is 11. The van der Waals surface area contributed by atoms with Crippen LogP contribution in [0.15, 0.2) is 21.9 Å². The number of aromatic carboxylic acids is 1. The maximum atomic E-state index is 12.3. The van der Waals surface area contributed by atoms with Gasteiger partial charge in [-0.25, -0.2) is 9.78 Å². The van der Waals surface area contributed by atoms with Crippen molar-refractivity contribution in [2.24, 2.45) is 17.8 Å². The molecule has 2 aliphatic rings. The van der Waals surface area contributed by atoms with E-state index in [0.717, 1.165) is 41.7 Å². The SMILES string of the molecule is C[C@@](O)(CC=C[C@H]1CCC(=O)[C@@H]1CCSc1nc(C(=O)O)cs1)CCC1CCCC1. The van der Waals surface area contributed by atoms with E-state index >= 15 is 0 Å². The molecule has 7 heteroatoms. The third kappa shape index (κ3) is 6.92. The van der Waals surface area contributed by atoms with Gasteiger partial charge in [-0.1, -0.05) is 49.6 Å². The van der Waals surface area contributed by atoms with Gasteiger partial charge in [-0.2, -0.15) is 0 Å². The smallest absolute Gasteiger partial charge is 0.355 e. The molecule has 0 radical (unpaired) electrons. The first kappa shape index (κ1) is 23.5. The highest BCUT2D eigenvalue weighted by Gasteiger charge is 2.32. The van der Waals surface area contributed by atoms with Crippen molar-refractivity contribution in [3.63, 3.8) is 0 Å². The lowest BCUT2D eigenvalue weighted by Crippen LogP contribution is -2.24. The second-order valence-electron chi connectivity index (χ2n) is 9.03. The Hall–Kier alpha value is -1.18. The summed E-state index contributed by atoms with van der Waals surface area (Å²) in [5, 5.41) is 21.2. The van der Waals surface area contributed by atoms with E-state index in [4.69, 9.17) is 5.11 Å². The van der Waals surface area contributed by atoms with Crippen molar-refractivity contribution < 1.29 is 19.8 Å². The Kier molecular flexibility index (Phi) is 8.54. The predicted molar refractivity (Wildman–Crippen MR) is 121 cm³/mol. The van der Waals surface area contributed by atoms with Crippen molar-refractivity contribution in [1.29, 1.82) is 0 Å². The molecule has 1 aromatic heterocycles. The third-order valence-corrected chi connectivity index (χ3v) is 8.57. The van der Waals surface area contributed by atoms with Crippen molar-refractivity contribution in [3.8, 4) is 0 Å². The Morgan fingerprint density at radius 1 is 1.33 bits per heavy atom. The number of thioether (sulfide) groups is 1. The van der Waals surface area contributed by atoms with Crippen LogP contribution in [-0.4, -0.2) is 38.3 Å². The van der Waals surface area contributed by atoms with Crippen molar-refractivity contribution >= 4 is 34.9 Å². The van der Waals surface area contributed by atoms with Crippen molar-refractivity contribution in [2.45, 2.75) is 81.1 Å². The van der Waals surface area contributed by atoms with Crippen LogP contribution in [0.3, 0.4) is 0 Å². The fraction of sp³-hybridized carbons (Fsp3) is 0.696. The second-order valence-corrected chi connectivity index (χ2v) is 11.2. The molecule has 2 aliphatic carbocycles. The minimum atomic E-state index is -1.01. The van der Waals surface area contributed by atoms with Crippen LogP contribution in [0.2, 0.25) is 0 Å². The van der Waals surface area contributed by atoms with E-state index in [1.54, 1.807) is 5.38 Å². The summed E-state index contributed by atoms with van der Waals surface area (Å²) in [5.74, 6) is 1.13.